The molecule has 1 aliphatic heterocycles. The number of nitrogens with one attached hydrogen (secondary N) is 1. The zero-order chi connectivity index (χ0) is 19.7. The van der Waals surface area contributed by atoms with Crippen molar-refractivity contribution in [3.63, 3.8) is 0 Å². The van der Waals surface area contributed by atoms with Crippen molar-refractivity contribution in [2.45, 2.75) is 72.8 Å². The van der Waals surface area contributed by atoms with E-state index in [1.165, 1.54) is 10.9 Å². The van der Waals surface area contributed by atoms with E-state index in [-0.39, 0.29) is 6.09 Å². The molecule has 1 saturated heterocycles. The summed E-state index contributed by atoms with van der Waals surface area (Å²) in [6.07, 6.45) is 7.50. The normalized spacial score (nSPS) is 14.8. The lowest BCUT2D eigenvalue weighted by molar-refractivity contribution is 0.0205. The number of rotatable bonds is 1. The van der Waals surface area contributed by atoms with E-state index in [9.17, 15) is 4.79 Å². The molecule has 0 aliphatic carbocycles. The molecule has 0 unspecified atom stereocenters. The Hall–Kier alpha value is -2.04. The van der Waals surface area contributed by atoms with Gasteiger partial charge in [0.1, 0.15) is 5.60 Å². The second kappa shape index (κ2) is 10.2. The number of hydrogen-bond acceptors (Lipinski definition) is 3. The van der Waals surface area contributed by atoms with Gasteiger partial charge in [0.25, 0.3) is 0 Å². The topological polar surface area (TPSA) is 58.2 Å². The molecule has 0 aromatic carbocycles. The lowest BCUT2D eigenvalue weighted by atomic mass is 9.89. The molecule has 146 valence electrons. The van der Waals surface area contributed by atoms with Crippen molar-refractivity contribution in [2.24, 2.45) is 0 Å². The molecule has 26 heavy (non-hydrogen) atoms. The predicted molar refractivity (Wildman–Crippen MR) is 109 cm³/mol. The van der Waals surface area contributed by atoms with Gasteiger partial charge in [0, 0.05) is 30.9 Å². The fourth-order valence-corrected chi connectivity index (χ4v) is 3.03. The van der Waals surface area contributed by atoms with Gasteiger partial charge in [-0.25, -0.2) is 4.79 Å². The Balaban J connectivity index is 0.000000791. The van der Waals surface area contributed by atoms with Gasteiger partial charge in [-0.15, -0.1) is 0 Å². The van der Waals surface area contributed by atoms with Gasteiger partial charge in [0.15, 0.2) is 0 Å². The Bertz CT molecular complexity index is 665. The number of hydrogen-bond donors (Lipinski definition) is 1. The highest BCUT2D eigenvalue weighted by atomic mass is 16.6. The number of aromatic nitrogens is 2. The second-order valence-corrected chi connectivity index (χ2v) is 6.91. The SMILES string of the molecule is CC.CC.CC(C)(C)OC(=O)N1CCC(c2c[nH]c3cnccc23)CC1. The van der Waals surface area contributed by atoms with E-state index in [1.54, 1.807) is 0 Å². The molecule has 0 bridgehead atoms. The number of likely N-dealkylation sites (tertiary alicyclic amines) is 1. The number of piperidine rings is 1. The first-order chi connectivity index (χ1) is 12.4. The standard InChI is InChI=1S/C17H23N3O2.2C2H6/c1-17(2,3)22-16(21)20-8-5-12(6-9-20)14-10-19-15-11-18-7-4-13(14)15;2*1-2/h4,7,10-12,19H,5-6,8-9H2,1-3H3;2*1-2H3. The number of carbonyl (C=O) groups excluding carboxylic acids is 1. The number of pyridine rings is 1. The first-order valence-electron chi connectivity index (χ1n) is 9.83. The van der Waals surface area contributed by atoms with E-state index in [0.29, 0.717) is 5.92 Å². The van der Waals surface area contributed by atoms with Gasteiger partial charge < -0.3 is 14.6 Å². The summed E-state index contributed by atoms with van der Waals surface area (Å²) in [5.74, 6) is 0.481. The van der Waals surface area contributed by atoms with Crippen LogP contribution >= 0.6 is 0 Å². The maximum absolute atomic E-state index is 12.1. The van der Waals surface area contributed by atoms with Crippen LogP contribution in [0.1, 0.15) is 72.8 Å². The minimum Gasteiger partial charge on any atom is -0.444 e. The molecule has 5 nitrogen and oxygen atoms in total. The highest BCUT2D eigenvalue weighted by molar-refractivity contribution is 5.82. The van der Waals surface area contributed by atoms with Gasteiger partial charge in [0.2, 0.25) is 0 Å². The molecule has 3 rings (SSSR count). The van der Waals surface area contributed by atoms with Crippen molar-refractivity contribution < 1.29 is 9.53 Å². The van der Waals surface area contributed by atoms with Crippen LogP contribution in [0.25, 0.3) is 10.9 Å². The van der Waals surface area contributed by atoms with Crippen LogP contribution in [-0.4, -0.2) is 39.7 Å². The number of aromatic amines is 1. The summed E-state index contributed by atoms with van der Waals surface area (Å²) in [7, 11) is 0. The zero-order valence-corrected chi connectivity index (χ0v) is 17.4. The number of carbonyl (C=O) groups is 1. The van der Waals surface area contributed by atoms with Crippen molar-refractivity contribution in [3.8, 4) is 0 Å². The Morgan fingerprint density at radius 3 is 2.38 bits per heavy atom. The van der Waals surface area contributed by atoms with Crippen LogP contribution < -0.4 is 0 Å². The van der Waals surface area contributed by atoms with Gasteiger partial charge in [0.05, 0.1) is 11.7 Å². The molecular formula is C21H35N3O2. The summed E-state index contributed by atoms with van der Waals surface area (Å²) in [5, 5.41) is 1.24. The van der Waals surface area contributed by atoms with Crippen molar-refractivity contribution in [3.05, 3.63) is 30.2 Å². The predicted octanol–water partition coefficient (Wildman–Crippen LogP) is 5.73. The molecule has 5 heteroatoms. The monoisotopic (exact) mass is 361 g/mol. The third-order valence-electron chi connectivity index (χ3n) is 4.10. The van der Waals surface area contributed by atoms with Crippen molar-refractivity contribution in [2.75, 3.05) is 13.1 Å². The Labute approximate surface area is 158 Å². The lowest BCUT2D eigenvalue weighted by Crippen LogP contribution is -2.41. The second-order valence-electron chi connectivity index (χ2n) is 6.91. The number of fused-ring (bicyclic) bond motifs is 1. The third-order valence-corrected chi connectivity index (χ3v) is 4.10. The minimum absolute atomic E-state index is 0.200. The molecule has 0 radical (unpaired) electrons. The molecule has 1 amide bonds. The molecular weight excluding hydrogens is 326 g/mol. The van der Waals surface area contributed by atoms with E-state index in [2.05, 4.69) is 22.2 Å². The average Bonchev–Trinajstić information content (AvgIpc) is 3.08. The zero-order valence-electron chi connectivity index (χ0n) is 17.4. The fourth-order valence-electron chi connectivity index (χ4n) is 3.03. The number of nitrogens with zero attached hydrogens (tertiary/aromatic N) is 2. The summed E-state index contributed by atoms with van der Waals surface area (Å²) in [6.45, 7) is 15.2. The van der Waals surface area contributed by atoms with Crippen LogP contribution in [0.15, 0.2) is 24.7 Å². The van der Waals surface area contributed by atoms with Crippen molar-refractivity contribution >= 4 is 17.0 Å². The van der Waals surface area contributed by atoms with Crippen LogP contribution in [-0.2, 0) is 4.74 Å². The van der Waals surface area contributed by atoms with Crippen LogP contribution in [0.4, 0.5) is 4.79 Å². The summed E-state index contributed by atoms with van der Waals surface area (Å²) in [5.41, 5.74) is 1.98. The summed E-state index contributed by atoms with van der Waals surface area (Å²) in [4.78, 5) is 21.3. The Morgan fingerprint density at radius 2 is 1.81 bits per heavy atom. The summed E-state index contributed by atoms with van der Waals surface area (Å²) in [6, 6.07) is 2.06. The maximum atomic E-state index is 12.1. The van der Waals surface area contributed by atoms with Crippen LogP contribution in [0, 0.1) is 0 Å². The average molecular weight is 362 g/mol. The van der Waals surface area contributed by atoms with E-state index < -0.39 is 5.60 Å². The maximum Gasteiger partial charge on any atom is 0.410 e. The van der Waals surface area contributed by atoms with E-state index in [4.69, 9.17) is 4.74 Å². The van der Waals surface area contributed by atoms with Gasteiger partial charge >= 0.3 is 6.09 Å². The van der Waals surface area contributed by atoms with Crippen molar-refractivity contribution in [1.82, 2.24) is 14.9 Å². The lowest BCUT2D eigenvalue weighted by Gasteiger charge is -2.33. The minimum atomic E-state index is -0.433. The first-order valence-corrected chi connectivity index (χ1v) is 9.83. The number of ether oxygens (including phenoxy) is 1. The highest BCUT2D eigenvalue weighted by Gasteiger charge is 2.28. The largest absolute Gasteiger partial charge is 0.444 e. The van der Waals surface area contributed by atoms with E-state index >= 15 is 0 Å². The number of amides is 1. The van der Waals surface area contributed by atoms with Crippen LogP contribution in [0.3, 0.4) is 0 Å². The van der Waals surface area contributed by atoms with Gasteiger partial charge in [-0.05, 0) is 51.2 Å². The highest BCUT2D eigenvalue weighted by Crippen LogP contribution is 2.33. The third kappa shape index (κ3) is 5.75. The molecule has 0 saturated carbocycles. The number of H-pyrrole nitrogens is 1. The van der Waals surface area contributed by atoms with Crippen LogP contribution in [0.5, 0.6) is 0 Å². The van der Waals surface area contributed by atoms with Gasteiger partial charge in [-0.3, -0.25) is 4.98 Å². The molecule has 1 aliphatic rings. The Kier molecular flexibility index (Phi) is 8.62. The molecule has 1 N–H and O–H groups in total. The van der Waals surface area contributed by atoms with E-state index in [0.717, 1.165) is 31.4 Å². The van der Waals surface area contributed by atoms with Crippen molar-refractivity contribution in [1.29, 1.82) is 0 Å². The Morgan fingerprint density at radius 1 is 1.19 bits per heavy atom. The van der Waals surface area contributed by atoms with Gasteiger partial charge in [-0.2, -0.15) is 0 Å². The molecule has 2 aromatic heterocycles. The molecule has 3 heterocycles. The molecule has 0 atom stereocenters. The van der Waals surface area contributed by atoms with E-state index in [1.807, 2.05) is 65.8 Å². The first kappa shape index (κ1) is 22.0. The quantitative estimate of drug-likeness (QED) is 0.705. The van der Waals surface area contributed by atoms with Crippen LogP contribution in [0.2, 0.25) is 0 Å². The van der Waals surface area contributed by atoms with Gasteiger partial charge in [-0.1, -0.05) is 27.7 Å². The molecule has 2 aromatic rings. The smallest absolute Gasteiger partial charge is 0.410 e. The fraction of sp³-hybridized carbons (Fsp3) is 0.619. The molecule has 0 spiro atoms. The molecule has 1 fully saturated rings. The summed E-state index contributed by atoms with van der Waals surface area (Å²) < 4.78 is 5.45. The summed E-state index contributed by atoms with van der Waals surface area (Å²) >= 11 is 0.